The summed E-state index contributed by atoms with van der Waals surface area (Å²) in [6, 6.07) is -0.941. The highest BCUT2D eigenvalue weighted by Crippen LogP contribution is 2.29. The number of hydrogen-bond donors (Lipinski definition) is 0. The lowest BCUT2D eigenvalue weighted by Crippen LogP contribution is -2.36. The summed E-state index contributed by atoms with van der Waals surface area (Å²) in [7, 11) is 0. The van der Waals surface area contributed by atoms with Crippen molar-refractivity contribution in [1.82, 2.24) is 14.8 Å². The van der Waals surface area contributed by atoms with Gasteiger partial charge >= 0.3 is 6.03 Å². The van der Waals surface area contributed by atoms with Crippen LogP contribution in [-0.2, 0) is 11.2 Å². The fraction of sp³-hybridized carbons (Fsp3) is 0.545. The van der Waals surface area contributed by atoms with Crippen LogP contribution in [0.4, 0.5) is 9.18 Å². The SMILES string of the molecule is O=C1[C@@H]2C[C@H](F)CN2C(=O)N1CCc1cscn1. The van der Waals surface area contributed by atoms with Crippen molar-refractivity contribution in [1.29, 1.82) is 0 Å². The van der Waals surface area contributed by atoms with Gasteiger partial charge in [0.15, 0.2) is 0 Å². The summed E-state index contributed by atoms with van der Waals surface area (Å²) < 4.78 is 13.2. The van der Waals surface area contributed by atoms with E-state index < -0.39 is 12.2 Å². The number of fused-ring (bicyclic) bond motifs is 1. The predicted molar refractivity (Wildman–Crippen MR) is 62.9 cm³/mol. The summed E-state index contributed by atoms with van der Waals surface area (Å²) in [5, 5.41) is 1.89. The van der Waals surface area contributed by atoms with Gasteiger partial charge < -0.3 is 4.90 Å². The Morgan fingerprint density at radius 2 is 2.33 bits per heavy atom. The molecule has 0 radical (unpaired) electrons. The molecule has 2 fully saturated rings. The van der Waals surface area contributed by atoms with E-state index in [1.807, 2.05) is 5.38 Å². The Kier molecular flexibility index (Phi) is 2.77. The number of amides is 3. The van der Waals surface area contributed by atoms with E-state index in [4.69, 9.17) is 0 Å². The molecule has 0 aromatic carbocycles. The fourth-order valence-corrected chi connectivity index (χ4v) is 3.05. The molecule has 2 atom stereocenters. The minimum absolute atomic E-state index is 0.0441. The Labute approximate surface area is 107 Å². The highest BCUT2D eigenvalue weighted by atomic mass is 32.1. The maximum Gasteiger partial charge on any atom is 0.327 e. The van der Waals surface area contributed by atoms with Crippen LogP contribution in [0.2, 0.25) is 0 Å². The molecular formula is C11H12FN3O2S. The zero-order chi connectivity index (χ0) is 12.7. The summed E-state index contributed by atoms with van der Waals surface area (Å²) in [5.74, 6) is -0.268. The number of alkyl halides is 1. The number of thiazole rings is 1. The molecule has 0 unspecified atom stereocenters. The number of aromatic nitrogens is 1. The molecule has 1 aromatic heterocycles. The molecule has 3 heterocycles. The quantitative estimate of drug-likeness (QED) is 0.771. The molecule has 5 nitrogen and oxygen atoms in total. The van der Waals surface area contributed by atoms with Gasteiger partial charge in [0.2, 0.25) is 0 Å². The van der Waals surface area contributed by atoms with Gasteiger partial charge in [-0.15, -0.1) is 11.3 Å². The topological polar surface area (TPSA) is 53.5 Å². The molecule has 0 bridgehead atoms. The first-order valence-corrected chi connectivity index (χ1v) is 6.74. The fourth-order valence-electron chi connectivity index (χ4n) is 2.45. The molecule has 2 aliphatic heterocycles. The van der Waals surface area contributed by atoms with E-state index >= 15 is 0 Å². The molecule has 7 heteroatoms. The first-order valence-electron chi connectivity index (χ1n) is 5.80. The van der Waals surface area contributed by atoms with E-state index in [-0.39, 0.29) is 24.9 Å². The second kappa shape index (κ2) is 4.31. The molecule has 1 aromatic rings. The zero-order valence-corrected chi connectivity index (χ0v) is 10.4. The van der Waals surface area contributed by atoms with Gasteiger partial charge in [0.1, 0.15) is 12.2 Å². The van der Waals surface area contributed by atoms with Crippen LogP contribution in [0.15, 0.2) is 10.9 Å². The summed E-state index contributed by atoms with van der Waals surface area (Å²) in [6.45, 7) is 0.369. The van der Waals surface area contributed by atoms with Crippen LogP contribution in [-0.4, -0.2) is 52.0 Å². The standard InChI is InChI=1S/C11H12FN3O2S/c12-7-3-9-10(16)14(11(17)15(9)4-7)2-1-8-5-18-6-13-8/h5-7,9H,1-4H2/t7-,9-/m0/s1. The largest absolute Gasteiger partial charge is 0.327 e. The van der Waals surface area contributed by atoms with Crippen LogP contribution < -0.4 is 0 Å². The van der Waals surface area contributed by atoms with Crippen molar-refractivity contribution >= 4 is 23.3 Å². The Balaban J connectivity index is 1.67. The van der Waals surface area contributed by atoms with Gasteiger partial charge in [-0.2, -0.15) is 0 Å². The number of carbonyl (C=O) groups is 2. The number of nitrogens with zero attached hydrogens (tertiary/aromatic N) is 3. The lowest BCUT2D eigenvalue weighted by Gasteiger charge is -2.15. The van der Waals surface area contributed by atoms with Crippen molar-refractivity contribution in [3.8, 4) is 0 Å². The highest BCUT2D eigenvalue weighted by molar-refractivity contribution is 7.07. The predicted octanol–water partition coefficient (Wildman–Crippen LogP) is 1.06. The third kappa shape index (κ3) is 1.78. The molecule has 0 saturated carbocycles. The third-order valence-corrected chi connectivity index (χ3v) is 3.99. The van der Waals surface area contributed by atoms with Crippen LogP contribution in [0.25, 0.3) is 0 Å². The van der Waals surface area contributed by atoms with Gasteiger partial charge in [-0.1, -0.05) is 0 Å². The number of carbonyl (C=O) groups excluding carboxylic acids is 2. The maximum absolute atomic E-state index is 13.2. The smallest absolute Gasteiger partial charge is 0.309 e. The van der Waals surface area contributed by atoms with Crippen LogP contribution in [0.5, 0.6) is 0 Å². The number of imide groups is 1. The van der Waals surface area contributed by atoms with Gasteiger partial charge in [0.25, 0.3) is 5.91 Å². The second-order valence-corrected chi connectivity index (χ2v) is 5.22. The third-order valence-electron chi connectivity index (χ3n) is 3.35. The van der Waals surface area contributed by atoms with E-state index in [1.54, 1.807) is 5.51 Å². The van der Waals surface area contributed by atoms with Crippen LogP contribution in [0.1, 0.15) is 12.1 Å². The summed E-state index contributed by atoms with van der Waals surface area (Å²) in [6.07, 6.45) is -0.373. The van der Waals surface area contributed by atoms with Gasteiger partial charge in [-0.05, 0) is 0 Å². The minimum Gasteiger partial charge on any atom is -0.309 e. The number of halogens is 1. The first-order chi connectivity index (χ1) is 8.66. The van der Waals surface area contributed by atoms with Crippen molar-refractivity contribution in [3.63, 3.8) is 0 Å². The Morgan fingerprint density at radius 1 is 1.50 bits per heavy atom. The number of rotatable bonds is 3. The minimum atomic E-state index is -1.07. The van der Waals surface area contributed by atoms with E-state index in [1.165, 1.54) is 21.1 Å². The van der Waals surface area contributed by atoms with E-state index in [9.17, 15) is 14.0 Å². The molecule has 2 saturated heterocycles. The monoisotopic (exact) mass is 269 g/mol. The van der Waals surface area contributed by atoms with Gasteiger partial charge in [-0.3, -0.25) is 9.69 Å². The Morgan fingerprint density at radius 3 is 3.00 bits per heavy atom. The average molecular weight is 269 g/mol. The van der Waals surface area contributed by atoms with Crippen molar-refractivity contribution in [2.24, 2.45) is 0 Å². The molecule has 3 amide bonds. The lowest BCUT2D eigenvalue weighted by atomic mass is 10.2. The molecule has 0 spiro atoms. The summed E-state index contributed by atoms with van der Waals surface area (Å²) in [5.41, 5.74) is 2.59. The van der Waals surface area contributed by atoms with E-state index in [0.29, 0.717) is 13.0 Å². The molecular weight excluding hydrogens is 257 g/mol. The highest BCUT2D eigenvalue weighted by Gasteiger charge is 2.50. The van der Waals surface area contributed by atoms with E-state index in [0.717, 1.165) is 5.69 Å². The summed E-state index contributed by atoms with van der Waals surface area (Å²) >= 11 is 1.48. The van der Waals surface area contributed by atoms with Gasteiger partial charge in [0, 0.05) is 24.8 Å². The van der Waals surface area contributed by atoms with Crippen molar-refractivity contribution in [2.45, 2.75) is 25.1 Å². The first kappa shape index (κ1) is 11.6. The molecule has 3 rings (SSSR count). The van der Waals surface area contributed by atoms with Crippen LogP contribution >= 0.6 is 11.3 Å². The van der Waals surface area contributed by atoms with Crippen LogP contribution in [0.3, 0.4) is 0 Å². The second-order valence-electron chi connectivity index (χ2n) is 4.50. The molecule has 0 N–H and O–H groups in total. The zero-order valence-electron chi connectivity index (χ0n) is 9.58. The number of hydrogen-bond acceptors (Lipinski definition) is 4. The lowest BCUT2D eigenvalue weighted by molar-refractivity contribution is -0.128. The summed E-state index contributed by atoms with van der Waals surface area (Å²) in [4.78, 5) is 30.6. The Hall–Kier alpha value is -1.50. The van der Waals surface area contributed by atoms with Crippen molar-refractivity contribution in [2.75, 3.05) is 13.1 Å². The molecule has 96 valence electrons. The van der Waals surface area contributed by atoms with E-state index in [2.05, 4.69) is 4.98 Å². The van der Waals surface area contributed by atoms with Crippen LogP contribution in [0, 0.1) is 0 Å². The van der Waals surface area contributed by atoms with Crippen molar-refractivity contribution in [3.05, 3.63) is 16.6 Å². The molecule has 0 aliphatic carbocycles. The molecule has 2 aliphatic rings. The van der Waals surface area contributed by atoms with Crippen molar-refractivity contribution < 1.29 is 14.0 Å². The number of urea groups is 1. The van der Waals surface area contributed by atoms with Gasteiger partial charge in [0.05, 0.1) is 17.7 Å². The normalized spacial score (nSPS) is 27.2. The van der Waals surface area contributed by atoms with Gasteiger partial charge in [-0.25, -0.2) is 14.2 Å². The average Bonchev–Trinajstić information content (AvgIpc) is 3.00. The molecule has 18 heavy (non-hydrogen) atoms. The maximum atomic E-state index is 13.2. The Bertz CT molecular complexity index is 455.